The first-order valence-corrected chi connectivity index (χ1v) is 25.2. The highest BCUT2D eigenvalue weighted by Crippen LogP contribution is 2.24. The fourth-order valence-electron chi connectivity index (χ4n) is 7.00. The second kappa shape index (κ2) is 37.4. The molecule has 13 heteroatoms. The number of aliphatic hydroxyl groups excluding tert-OH is 3. The lowest BCUT2D eigenvalue weighted by Gasteiger charge is -2.40. The van der Waals surface area contributed by atoms with E-state index in [0.717, 1.165) is 77.0 Å². The lowest BCUT2D eigenvalue weighted by atomic mass is 10.00. The molecule has 1 aliphatic heterocycles. The molecule has 0 spiro atoms. The first kappa shape index (κ1) is 55.9. The minimum atomic E-state index is -4.60. The Bertz CT molecular complexity index is 1250. The first-order chi connectivity index (χ1) is 29.0. The van der Waals surface area contributed by atoms with Crippen LogP contribution in [0.5, 0.6) is 0 Å². The number of esters is 2. The lowest BCUT2D eigenvalue weighted by Crippen LogP contribution is -2.60. The molecule has 60 heavy (non-hydrogen) atoms. The smallest absolute Gasteiger partial charge is 0.306 e. The Kier molecular flexibility index (Phi) is 34.9. The van der Waals surface area contributed by atoms with Gasteiger partial charge in [-0.15, -0.1) is 0 Å². The number of rotatable bonds is 39. The van der Waals surface area contributed by atoms with Crippen molar-refractivity contribution in [3.05, 3.63) is 36.5 Å². The average molecular weight is 873 g/mol. The van der Waals surface area contributed by atoms with Crippen molar-refractivity contribution < 1.29 is 56.8 Å². The summed E-state index contributed by atoms with van der Waals surface area (Å²) in [5, 5.41) is 30.9. The monoisotopic (exact) mass is 873 g/mol. The van der Waals surface area contributed by atoms with Gasteiger partial charge in [0.05, 0.1) is 6.61 Å². The molecule has 1 rings (SSSR count). The lowest BCUT2D eigenvalue weighted by molar-refractivity contribution is -0.297. The van der Waals surface area contributed by atoms with Crippen LogP contribution in [-0.2, 0) is 38.7 Å². The van der Waals surface area contributed by atoms with Gasteiger partial charge < -0.3 is 34.3 Å². The van der Waals surface area contributed by atoms with Crippen molar-refractivity contribution in [2.24, 2.45) is 0 Å². The topological polar surface area (TPSA) is 186 Å². The molecule has 350 valence electrons. The van der Waals surface area contributed by atoms with Gasteiger partial charge in [0.15, 0.2) is 12.4 Å². The highest BCUT2D eigenvalue weighted by Gasteiger charge is 2.46. The van der Waals surface area contributed by atoms with Gasteiger partial charge in [-0.1, -0.05) is 147 Å². The van der Waals surface area contributed by atoms with Crippen molar-refractivity contribution in [2.45, 2.75) is 230 Å². The Hall–Kier alpha value is -2.13. The predicted octanol–water partition coefficient (Wildman–Crippen LogP) is 9.78. The van der Waals surface area contributed by atoms with E-state index in [1.54, 1.807) is 0 Å². The summed E-state index contributed by atoms with van der Waals surface area (Å²) in [5.41, 5.74) is 0. The van der Waals surface area contributed by atoms with Crippen molar-refractivity contribution in [1.82, 2.24) is 0 Å². The second-order valence-electron chi connectivity index (χ2n) is 16.4. The minimum Gasteiger partial charge on any atom is -0.462 e. The third kappa shape index (κ3) is 31.7. The van der Waals surface area contributed by atoms with Gasteiger partial charge in [0, 0.05) is 12.8 Å². The number of aliphatic hydroxyl groups is 3. The number of unbranched alkanes of at least 4 members (excludes halogenated alkanes) is 21. The van der Waals surface area contributed by atoms with Gasteiger partial charge in [-0.05, 0) is 70.6 Å². The zero-order valence-electron chi connectivity index (χ0n) is 37.3. The van der Waals surface area contributed by atoms with Crippen LogP contribution in [0.15, 0.2) is 36.5 Å². The normalized spacial score (nSPS) is 20.4. The van der Waals surface area contributed by atoms with Crippen LogP contribution in [0, 0.1) is 0 Å². The van der Waals surface area contributed by atoms with Crippen molar-refractivity contribution in [2.75, 3.05) is 19.0 Å². The molecule has 1 fully saturated rings. The van der Waals surface area contributed by atoms with Crippen molar-refractivity contribution >= 4 is 22.1 Å². The number of carbonyl (C=O) groups is 2. The summed E-state index contributed by atoms with van der Waals surface area (Å²) < 4.78 is 54.1. The second-order valence-corrected chi connectivity index (χ2v) is 17.9. The standard InChI is InChI=1S/C47H84O12S/c1-3-5-7-9-11-13-15-17-18-19-20-21-22-24-26-28-30-32-34-36-43(49)58-40(38-57-47-46(52)45(51)44(50)41(59-47)39-60(53,54)55)37-56-42(48)35-33-31-29-27-25-23-16-14-12-10-8-6-4-2/h11,13-14,16-18,40-41,44-47,50-52H,3-10,12,15,19-39H2,1-2H3,(H,53,54,55)/b13-11-,16-14-,18-17-. The maximum atomic E-state index is 12.8. The van der Waals surface area contributed by atoms with E-state index in [0.29, 0.717) is 12.8 Å². The molecule has 0 saturated carbocycles. The van der Waals surface area contributed by atoms with Crippen LogP contribution in [0.4, 0.5) is 0 Å². The van der Waals surface area contributed by atoms with Crippen LogP contribution < -0.4 is 0 Å². The molecule has 1 aliphatic rings. The quantitative estimate of drug-likeness (QED) is 0.0199. The van der Waals surface area contributed by atoms with E-state index >= 15 is 0 Å². The number of hydrogen-bond donors (Lipinski definition) is 4. The Labute approximate surface area is 363 Å². The van der Waals surface area contributed by atoms with Crippen LogP contribution in [0.2, 0.25) is 0 Å². The molecule has 0 aromatic rings. The molecule has 0 amide bonds. The number of carbonyl (C=O) groups excluding carboxylic acids is 2. The number of ether oxygens (including phenoxy) is 4. The van der Waals surface area contributed by atoms with E-state index in [4.69, 9.17) is 18.9 Å². The molecule has 0 aromatic heterocycles. The van der Waals surface area contributed by atoms with Gasteiger partial charge in [-0.2, -0.15) is 8.42 Å². The third-order valence-corrected chi connectivity index (χ3v) is 11.4. The molecule has 4 N–H and O–H groups in total. The van der Waals surface area contributed by atoms with Crippen molar-refractivity contribution in [3.63, 3.8) is 0 Å². The van der Waals surface area contributed by atoms with Gasteiger partial charge in [-0.3, -0.25) is 14.1 Å². The fourth-order valence-corrected chi connectivity index (χ4v) is 7.69. The number of hydrogen-bond acceptors (Lipinski definition) is 11. The van der Waals surface area contributed by atoms with Gasteiger partial charge in [0.2, 0.25) is 0 Å². The summed E-state index contributed by atoms with van der Waals surface area (Å²) in [5.74, 6) is -2.00. The largest absolute Gasteiger partial charge is 0.462 e. The molecule has 0 aliphatic carbocycles. The van der Waals surface area contributed by atoms with Gasteiger partial charge in [0.25, 0.3) is 10.1 Å². The molecular weight excluding hydrogens is 789 g/mol. The zero-order valence-corrected chi connectivity index (χ0v) is 38.1. The van der Waals surface area contributed by atoms with Gasteiger partial charge in [-0.25, -0.2) is 0 Å². The SMILES string of the molecule is CCCCC/C=C\C/C=C\CCCCCCCCCCCC(=O)OC(COC(=O)CCCCCCC/C=C\CCCCCC)COC1OC(CS(=O)(=O)O)C(O)C(O)C1O. The highest BCUT2D eigenvalue weighted by molar-refractivity contribution is 7.85. The van der Waals surface area contributed by atoms with Crippen LogP contribution in [0.3, 0.4) is 0 Å². The molecule has 0 aromatic carbocycles. The van der Waals surface area contributed by atoms with Crippen LogP contribution in [0.1, 0.15) is 194 Å². The molecule has 6 atom stereocenters. The Morgan fingerprint density at radius 1 is 0.567 bits per heavy atom. The Morgan fingerprint density at radius 3 is 1.52 bits per heavy atom. The summed E-state index contributed by atoms with van der Waals surface area (Å²) in [7, 11) is -4.60. The average Bonchev–Trinajstić information content (AvgIpc) is 3.21. The van der Waals surface area contributed by atoms with Crippen molar-refractivity contribution in [3.8, 4) is 0 Å². The molecule has 6 unspecified atom stereocenters. The van der Waals surface area contributed by atoms with Gasteiger partial charge >= 0.3 is 11.9 Å². The molecule has 0 bridgehead atoms. The third-order valence-electron chi connectivity index (χ3n) is 10.7. The predicted molar refractivity (Wildman–Crippen MR) is 238 cm³/mol. The molecule has 12 nitrogen and oxygen atoms in total. The zero-order chi connectivity index (χ0) is 44.1. The summed E-state index contributed by atoms with van der Waals surface area (Å²) in [6.45, 7) is 3.71. The fraction of sp³-hybridized carbons (Fsp3) is 0.830. The van der Waals surface area contributed by atoms with E-state index in [-0.39, 0.29) is 19.4 Å². The molecular formula is C47H84O12S. The minimum absolute atomic E-state index is 0.158. The van der Waals surface area contributed by atoms with E-state index in [9.17, 15) is 37.9 Å². The number of allylic oxidation sites excluding steroid dienone is 6. The van der Waals surface area contributed by atoms with E-state index in [1.165, 1.54) is 77.0 Å². The van der Waals surface area contributed by atoms with E-state index in [2.05, 4.69) is 50.3 Å². The Balaban J connectivity index is 2.42. The van der Waals surface area contributed by atoms with Gasteiger partial charge in [0.1, 0.15) is 36.8 Å². The highest BCUT2D eigenvalue weighted by atomic mass is 32.2. The summed E-state index contributed by atoms with van der Waals surface area (Å²) in [6.07, 6.45) is 33.2. The van der Waals surface area contributed by atoms with Crippen LogP contribution >= 0.6 is 0 Å². The molecule has 1 saturated heterocycles. The maximum Gasteiger partial charge on any atom is 0.306 e. The van der Waals surface area contributed by atoms with E-state index in [1.807, 2.05) is 0 Å². The van der Waals surface area contributed by atoms with Crippen LogP contribution in [0.25, 0.3) is 0 Å². The van der Waals surface area contributed by atoms with Crippen molar-refractivity contribution in [1.29, 1.82) is 0 Å². The Morgan fingerprint density at radius 2 is 1.00 bits per heavy atom. The molecule has 0 radical (unpaired) electrons. The first-order valence-electron chi connectivity index (χ1n) is 23.5. The maximum absolute atomic E-state index is 12.8. The molecule has 1 heterocycles. The summed E-state index contributed by atoms with van der Waals surface area (Å²) >= 11 is 0. The van der Waals surface area contributed by atoms with E-state index < -0.39 is 71.2 Å². The van der Waals surface area contributed by atoms with Crippen LogP contribution in [-0.4, -0.2) is 96.0 Å². The summed E-state index contributed by atoms with van der Waals surface area (Å²) in [4.78, 5) is 25.4. The summed E-state index contributed by atoms with van der Waals surface area (Å²) in [6, 6.07) is 0.